The fraction of sp³-hybridized carbons (Fsp3) is 0.261. The highest BCUT2D eigenvalue weighted by molar-refractivity contribution is 9.10. The van der Waals surface area contributed by atoms with E-state index in [9.17, 15) is 4.79 Å². The average molecular weight is 556 g/mol. The van der Waals surface area contributed by atoms with E-state index >= 15 is 0 Å². The maximum atomic E-state index is 12.8. The van der Waals surface area contributed by atoms with Crippen LogP contribution in [0.5, 0.6) is 0 Å². The first-order chi connectivity index (χ1) is 15.3. The van der Waals surface area contributed by atoms with Crippen molar-refractivity contribution >= 4 is 49.2 Å². The third kappa shape index (κ3) is 3.26. The highest BCUT2D eigenvalue weighted by Gasteiger charge is 2.48. The molecule has 1 atom stereocenters. The third-order valence-corrected chi connectivity index (χ3v) is 7.36. The minimum Gasteiger partial charge on any atom is -0.310 e. The Morgan fingerprint density at radius 2 is 1.88 bits per heavy atom. The molecule has 1 aliphatic heterocycles. The minimum atomic E-state index is -0.698. The monoisotopic (exact) mass is 554 g/mol. The number of imidazole rings is 1. The predicted octanol–water partition coefficient (Wildman–Crippen LogP) is 5.17. The van der Waals surface area contributed by atoms with Crippen molar-refractivity contribution in [3.63, 3.8) is 0 Å². The lowest BCUT2D eigenvalue weighted by atomic mass is 9.75. The first kappa shape index (κ1) is 21.2. The van der Waals surface area contributed by atoms with E-state index in [0.717, 1.165) is 27.1 Å². The van der Waals surface area contributed by atoms with Crippen molar-refractivity contribution in [2.45, 2.75) is 32.6 Å². The van der Waals surface area contributed by atoms with Gasteiger partial charge in [-0.25, -0.2) is 19.9 Å². The molecule has 1 N–H and O–H groups in total. The smallest absolute Gasteiger partial charge is 0.236 e. The van der Waals surface area contributed by atoms with Crippen LogP contribution in [0.4, 0.5) is 5.82 Å². The summed E-state index contributed by atoms with van der Waals surface area (Å²) in [6, 6.07) is 10.1. The van der Waals surface area contributed by atoms with Crippen molar-refractivity contribution < 1.29 is 4.79 Å². The number of halogens is 2. The van der Waals surface area contributed by atoms with E-state index in [4.69, 9.17) is 15.0 Å². The van der Waals surface area contributed by atoms with E-state index in [-0.39, 0.29) is 11.8 Å². The fourth-order valence-corrected chi connectivity index (χ4v) is 5.18. The van der Waals surface area contributed by atoms with Gasteiger partial charge >= 0.3 is 0 Å². The Hall–Kier alpha value is -2.65. The number of nitrogens with one attached hydrogen (secondary N) is 1. The summed E-state index contributed by atoms with van der Waals surface area (Å²) in [5, 5.41) is 2.94. The molecule has 1 aromatic carbocycles. The van der Waals surface area contributed by atoms with Crippen LogP contribution in [-0.2, 0) is 16.6 Å². The van der Waals surface area contributed by atoms with Gasteiger partial charge in [-0.15, -0.1) is 0 Å². The lowest BCUT2D eigenvalue weighted by Gasteiger charge is -2.26. The summed E-state index contributed by atoms with van der Waals surface area (Å²) in [4.78, 5) is 31.6. The van der Waals surface area contributed by atoms with E-state index in [1.807, 2.05) is 49.6 Å². The molecule has 32 heavy (non-hydrogen) atoms. The first-order valence-electron chi connectivity index (χ1n) is 10.2. The van der Waals surface area contributed by atoms with Crippen LogP contribution >= 0.6 is 31.9 Å². The highest BCUT2D eigenvalue weighted by Crippen LogP contribution is 2.45. The Labute approximate surface area is 202 Å². The summed E-state index contributed by atoms with van der Waals surface area (Å²) in [6.45, 7) is 5.98. The molecule has 1 aliphatic rings. The van der Waals surface area contributed by atoms with E-state index in [1.165, 1.54) is 0 Å². The molecule has 0 aliphatic carbocycles. The normalized spacial score (nSPS) is 17.8. The summed E-state index contributed by atoms with van der Waals surface area (Å²) >= 11 is 7.16. The Kier molecular flexibility index (Phi) is 5.13. The number of hydrogen-bond acceptors (Lipinski definition) is 5. The van der Waals surface area contributed by atoms with Crippen LogP contribution in [0.15, 0.2) is 51.9 Å². The number of carbonyl (C=O) groups excluding carboxylic acids is 1. The number of amides is 1. The second-order valence-corrected chi connectivity index (χ2v) is 9.95. The van der Waals surface area contributed by atoms with E-state index in [0.29, 0.717) is 28.4 Å². The lowest BCUT2D eigenvalue weighted by molar-refractivity contribution is -0.121. The maximum absolute atomic E-state index is 12.8. The fourth-order valence-electron chi connectivity index (χ4n) is 4.04. The van der Waals surface area contributed by atoms with Crippen LogP contribution in [0.3, 0.4) is 0 Å². The van der Waals surface area contributed by atoms with E-state index < -0.39 is 5.41 Å². The zero-order valence-electron chi connectivity index (χ0n) is 17.7. The number of rotatable bonds is 4. The van der Waals surface area contributed by atoms with Gasteiger partial charge in [-0.2, -0.15) is 0 Å². The van der Waals surface area contributed by atoms with Crippen LogP contribution in [0.1, 0.15) is 37.6 Å². The molecule has 0 radical (unpaired) electrons. The van der Waals surface area contributed by atoms with Gasteiger partial charge in [0.25, 0.3) is 0 Å². The van der Waals surface area contributed by atoms with Crippen molar-refractivity contribution in [3.8, 4) is 11.5 Å². The van der Waals surface area contributed by atoms with Gasteiger partial charge in [-0.1, -0.05) is 44.2 Å². The number of aromatic nitrogens is 5. The molecular formula is C23H20Br2N6O. The predicted molar refractivity (Wildman–Crippen MR) is 129 cm³/mol. The summed E-state index contributed by atoms with van der Waals surface area (Å²) in [5.74, 6) is 0.976. The Bertz CT molecular complexity index is 1370. The first-order valence-corrected chi connectivity index (χ1v) is 11.8. The largest absolute Gasteiger partial charge is 0.310 e. The van der Waals surface area contributed by atoms with E-state index in [2.05, 4.69) is 54.3 Å². The summed E-state index contributed by atoms with van der Waals surface area (Å²) in [7, 11) is 0. The summed E-state index contributed by atoms with van der Waals surface area (Å²) in [5.41, 5.74) is 3.40. The third-order valence-electron chi connectivity index (χ3n) is 6.20. The average Bonchev–Trinajstić information content (AvgIpc) is 3.27. The molecule has 9 heteroatoms. The molecule has 0 fully saturated rings. The van der Waals surface area contributed by atoms with Crippen molar-refractivity contribution in [1.82, 2.24) is 24.3 Å². The molecule has 4 aromatic rings. The van der Waals surface area contributed by atoms with Crippen LogP contribution < -0.4 is 5.32 Å². The zero-order chi connectivity index (χ0) is 22.6. The standard InChI is InChI=1S/C23H20Br2N6O/c1-12(2)23(3)17-18(25)28-19(29-20(17)30-22(23)32)15-11-31-16(24)10-26-21(31)14(27-15)9-13-7-5-4-6-8-13/h4-8,10-12H,9H2,1-3H3,(H,28,29,30,32). The number of carbonyl (C=O) groups is 1. The molecule has 0 saturated heterocycles. The molecule has 4 heterocycles. The SMILES string of the molecule is CC(C)C1(C)C(=O)Nc2nc(-c3cn4c(Br)cnc4c(Cc4ccccc4)n3)nc(Br)c21. The molecule has 162 valence electrons. The maximum Gasteiger partial charge on any atom is 0.236 e. The van der Waals surface area contributed by atoms with Gasteiger partial charge in [0.2, 0.25) is 5.91 Å². The van der Waals surface area contributed by atoms with Gasteiger partial charge in [0.15, 0.2) is 11.5 Å². The van der Waals surface area contributed by atoms with Crippen molar-refractivity contribution in [2.24, 2.45) is 5.92 Å². The van der Waals surface area contributed by atoms with Crippen molar-refractivity contribution in [1.29, 1.82) is 0 Å². The molecule has 1 unspecified atom stereocenters. The Morgan fingerprint density at radius 3 is 2.59 bits per heavy atom. The van der Waals surface area contributed by atoms with Crippen molar-refractivity contribution in [2.75, 3.05) is 5.32 Å². The Balaban J connectivity index is 1.66. The molecule has 7 nitrogen and oxygen atoms in total. The minimum absolute atomic E-state index is 0.0693. The van der Waals surface area contributed by atoms with Crippen LogP contribution in [0, 0.1) is 5.92 Å². The summed E-state index contributed by atoms with van der Waals surface area (Å²) in [6.07, 6.45) is 4.23. The number of hydrogen-bond donors (Lipinski definition) is 1. The highest BCUT2D eigenvalue weighted by atomic mass is 79.9. The molecule has 0 bridgehead atoms. The van der Waals surface area contributed by atoms with Crippen molar-refractivity contribution in [3.05, 3.63) is 68.8 Å². The molecule has 1 amide bonds. The van der Waals surface area contributed by atoms with Gasteiger partial charge in [0.05, 0.1) is 17.3 Å². The van der Waals surface area contributed by atoms with Gasteiger partial charge in [-0.3, -0.25) is 9.20 Å². The molecular weight excluding hydrogens is 536 g/mol. The van der Waals surface area contributed by atoms with Crippen LogP contribution in [0.2, 0.25) is 0 Å². The van der Waals surface area contributed by atoms with Gasteiger partial charge < -0.3 is 5.32 Å². The molecule has 5 rings (SSSR count). The number of benzene rings is 1. The second-order valence-electron chi connectivity index (χ2n) is 8.38. The molecule has 0 spiro atoms. The Morgan fingerprint density at radius 1 is 1.12 bits per heavy atom. The quantitative estimate of drug-likeness (QED) is 0.351. The number of fused-ring (bicyclic) bond motifs is 2. The second kappa shape index (κ2) is 7.74. The zero-order valence-corrected chi connectivity index (χ0v) is 20.9. The van der Waals surface area contributed by atoms with Gasteiger partial charge in [0, 0.05) is 18.2 Å². The van der Waals surface area contributed by atoms with Gasteiger partial charge in [-0.05, 0) is 50.3 Å². The van der Waals surface area contributed by atoms with Crippen LogP contribution in [0.25, 0.3) is 17.2 Å². The molecule has 0 saturated carbocycles. The topological polar surface area (TPSA) is 85.1 Å². The lowest BCUT2D eigenvalue weighted by Crippen LogP contribution is -2.36. The van der Waals surface area contributed by atoms with Crippen LogP contribution in [-0.4, -0.2) is 30.2 Å². The van der Waals surface area contributed by atoms with E-state index in [1.54, 1.807) is 6.20 Å². The number of nitrogens with zero attached hydrogens (tertiary/aromatic N) is 5. The summed E-state index contributed by atoms with van der Waals surface area (Å²) < 4.78 is 3.34. The van der Waals surface area contributed by atoms with Gasteiger partial charge in [0.1, 0.15) is 20.7 Å². The molecule has 3 aromatic heterocycles. The number of anilines is 1.